The number of carbonyl (C=O) groups is 1. The van der Waals surface area contributed by atoms with E-state index in [4.69, 9.17) is 4.98 Å². The molecule has 3 aliphatic heterocycles. The summed E-state index contributed by atoms with van der Waals surface area (Å²) in [6.07, 6.45) is 6.98. The Kier molecular flexibility index (Phi) is 5.24. The average molecular weight is 399 g/mol. The number of thiazole rings is 1. The summed E-state index contributed by atoms with van der Waals surface area (Å²) >= 11 is 1.81. The minimum atomic E-state index is 0.231. The molecule has 1 atom stereocenters. The Balaban J connectivity index is 1.18. The molecule has 28 heavy (non-hydrogen) atoms. The van der Waals surface area contributed by atoms with Gasteiger partial charge in [0.1, 0.15) is 0 Å². The van der Waals surface area contributed by atoms with Crippen molar-refractivity contribution in [2.75, 3.05) is 44.2 Å². The zero-order valence-electron chi connectivity index (χ0n) is 16.6. The number of fused-ring (bicyclic) bond motifs is 1. The van der Waals surface area contributed by atoms with Crippen LogP contribution in [0.5, 0.6) is 0 Å². The smallest absolute Gasteiger partial charge is 0.226 e. The summed E-state index contributed by atoms with van der Waals surface area (Å²) in [5.74, 6) is 0.656. The monoisotopic (exact) mass is 398 g/mol. The first kappa shape index (κ1) is 18.4. The summed E-state index contributed by atoms with van der Waals surface area (Å²) in [4.78, 5) is 24.9. The molecule has 1 amide bonds. The van der Waals surface area contributed by atoms with E-state index in [2.05, 4.69) is 39.0 Å². The molecule has 5 nitrogen and oxygen atoms in total. The fourth-order valence-corrected chi connectivity index (χ4v) is 6.17. The van der Waals surface area contributed by atoms with Crippen molar-refractivity contribution in [1.82, 2.24) is 14.8 Å². The molecular formula is C22H30N4OS. The number of nitrogens with zero attached hydrogens (tertiary/aromatic N) is 4. The highest BCUT2D eigenvalue weighted by Crippen LogP contribution is 2.32. The number of para-hydroxylation sites is 1. The van der Waals surface area contributed by atoms with Crippen molar-refractivity contribution in [2.24, 2.45) is 5.92 Å². The molecule has 0 saturated carbocycles. The lowest BCUT2D eigenvalue weighted by Crippen LogP contribution is -2.51. The standard InChI is InChI=1S/C22H30N4OS/c27-21(24-11-3-4-12-24)17-6-5-13-26(16-17)18-9-14-25(15-10-18)22-23-19-7-1-2-8-20(19)28-22/h1-2,7-8,17-18H,3-6,9-16H2. The zero-order valence-corrected chi connectivity index (χ0v) is 17.4. The molecule has 1 aromatic heterocycles. The van der Waals surface area contributed by atoms with Crippen LogP contribution in [0.2, 0.25) is 0 Å². The minimum Gasteiger partial charge on any atom is -0.348 e. The Labute approximate surface area is 171 Å². The van der Waals surface area contributed by atoms with Crippen molar-refractivity contribution < 1.29 is 4.79 Å². The molecule has 5 rings (SSSR count). The number of hydrogen-bond donors (Lipinski definition) is 0. The second kappa shape index (κ2) is 7.99. The highest BCUT2D eigenvalue weighted by molar-refractivity contribution is 7.22. The highest BCUT2D eigenvalue weighted by Gasteiger charge is 2.34. The number of piperidine rings is 2. The fourth-order valence-electron chi connectivity index (χ4n) is 5.15. The molecule has 3 aliphatic rings. The van der Waals surface area contributed by atoms with Crippen molar-refractivity contribution in [1.29, 1.82) is 0 Å². The predicted octanol–water partition coefficient (Wildman–Crippen LogP) is 3.60. The van der Waals surface area contributed by atoms with Gasteiger partial charge in [0.15, 0.2) is 5.13 Å². The van der Waals surface area contributed by atoms with E-state index >= 15 is 0 Å². The van der Waals surface area contributed by atoms with E-state index in [1.807, 2.05) is 11.3 Å². The summed E-state index contributed by atoms with van der Waals surface area (Å²) in [5, 5.41) is 1.17. The number of carbonyl (C=O) groups excluding carboxylic acids is 1. The molecular weight excluding hydrogens is 368 g/mol. The fraction of sp³-hybridized carbons (Fsp3) is 0.636. The second-order valence-electron chi connectivity index (χ2n) is 8.55. The third-order valence-corrected chi connectivity index (χ3v) is 7.85. The van der Waals surface area contributed by atoms with Crippen LogP contribution in [0, 0.1) is 5.92 Å². The van der Waals surface area contributed by atoms with Crippen LogP contribution in [0.3, 0.4) is 0 Å². The summed E-state index contributed by atoms with van der Waals surface area (Å²) in [7, 11) is 0. The molecule has 1 aromatic carbocycles. The maximum atomic E-state index is 12.8. The SMILES string of the molecule is O=C(C1CCCN(C2CCN(c3nc4ccccc4s3)CC2)C1)N1CCCC1. The lowest BCUT2D eigenvalue weighted by molar-refractivity contribution is -0.136. The summed E-state index contributed by atoms with van der Waals surface area (Å²) in [6, 6.07) is 9.04. The van der Waals surface area contributed by atoms with E-state index in [9.17, 15) is 4.79 Å². The van der Waals surface area contributed by atoms with Crippen molar-refractivity contribution >= 4 is 32.6 Å². The maximum absolute atomic E-state index is 12.8. The Morgan fingerprint density at radius 1 is 0.964 bits per heavy atom. The van der Waals surface area contributed by atoms with Crippen LogP contribution in [0.1, 0.15) is 38.5 Å². The third kappa shape index (κ3) is 3.64. The number of amides is 1. The Morgan fingerprint density at radius 2 is 1.75 bits per heavy atom. The lowest BCUT2D eigenvalue weighted by Gasteiger charge is -2.42. The van der Waals surface area contributed by atoms with E-state index < -0.39 is 0 Å². The average Bonchev–Trinajstić information content (AvgIpc) is 3.43. The van der Waals surface area contributed by atoms with Crippen molar-refractivity contribution in [3.63, 3.8) is 0 Å². The van der Waals surface area contributed by atoms with Crippen molar-refractivity contribution in [3.8, 4) is 0 Å². The Morgan fingerprint density at radius 3 is 2.54 bits per heavy atom. The molecule has 0 aliphatic carbocycles. The van der Waals surface area contributed by atoms with Crippen molar-refractivity contribution in [3.05, 3.63) is 24.3 Å². The topological polar surface area (TPSA) is 39.7 Å². The Hall–Kier alpha value is -1.66. The third-order valence-electron chi connectivity index (χ3n) is 6.75. The van der Waals surface area contributed by atoms with Gasteiger partial charge in [-0.05, 0) is 57.2 Å². The van der Waals surface area contributed by atoms with Gasteiger partial charge in [0, 0.05) is 38.8 Å². The summed E-state index contributed by atoms with van der Waals surface area (Å²) in [6.45, 7) is 6.25. The van der Waals surface area contributed by atoms with Gasteiger partial charge in [-0.25, -0.2) is 4.98 Å². The quantitative estimate of drug-likeness (QED) is 0.792. The first-order chi connectivity index (χ1) is 13.8. The van der Waals surface area contributed by atoms with Gasteiger partial charge in [0.2, 0.25) is 5.91 Å². The molecule has 3 fully saturated rings. The summed E-state index contributed by atoms with van der Waals surface area (Å²) in [5.41, 5.74) is 1.11. The molecule has 0 radical (unpaired) electrons. The molecule has 0 bridgehead atoms. The van der Waals surface area contributed by atoms with Crippen LogP contribution >= 0.6 is 11.3 Å². The lowest BCUT2D eigenvalue weighted by atomic mass is 9.93. The van der Waals surface area contributed by atoms with Gasteiger partial charge in [0.05, 0.1) is 16.1 Å². The Bertz CT molecular complexity index is 790. The molecule has 0 spiro atoms. The minimum absolute atomic E-state index is 0.231. The number of rotatable bonds is 3. The van der Waals surface area contributed by atoms with E-state index in [0.29, 0.717) is 11.9 Å². The number of anilines is 1. The molecule has 4 heterocycles. The zero-order chi connectivity index (χ0) is 18.9. The molecule has 3 saturated heterocycles. The van der Waals surface area contributed by atoms with Gasteiger partial charge >= 0.3 is 0 Å². The van der Waals surface area contributed by atoms with Crippen LogP contribution in [0.25, 0.3) is 10.2 Å². The van der Waals surface area contributed by atoms with Crippen LogP contribution in [0.15, 0.2) is 24.3 Å². The number of aromatic nitrogens is 1. The number of likely N-dealkylation sites (tertiary alicyclic amines) is 2. The van der Waals surface area contributed by atoms with Crippen molar-refractivity contribution in [2.45, 2.75) is 44.6 Å². The van der Waals surface area contributed by atoms with Gasteiger partial charge in [0.25, 0.3) is 0 Å². The normalized spacial score (nSPS) is 24.9. The number of benzene rings is 1. The van der Waals surface area contributed by atoms with Crippen LogP contribution < -0.4 is 4.90 Å². The van der Waals surface area contributed by atoms with Crippen LogP contribution in [-0.2, 0) is 4.79 Å². The van der Waals surface area contributed by atoms with Gasteiger partial charge in [-0.15, -0.1) is 0 Å². The second-order valence-corrected chi connectivity index (χ2v) is 9.56. The molecule has 1 unspecified atom stereocenters. The van der Waals surface area contributed by atoms with E-state index in [0.717, 1.165) is 51.2 Å². The molecule has 6 heteroatoms. The van der Waals surface area contributed by atoms with Crippen LogP contribution in [0.4, 0.5) is 5.13 Å². The van der Waals surface area contributed by atoms with E-state index in [1.165, 1.54) is 41.9 Å². The van der Waals surface area contributed by atoms with Gasteiger partial charge in [-0.2, -0.15) is 0 Å². The van der Waals surface area contributed by atoms with E-state index in [-0.39, 0.29) is 5.92 Å². The molecule has 0 N–H and O–H groups in total. The molecule has 150 valence electrons. The first-order valence-electron chi connectivity index (χ1n) is 10.9. The van der Waals surface area contributed by atoms with E-state index in [1.54, 1.807) is 0 Å². The largest absolute Gasteiger partial charge is 0.348 e. The van der Waals surface area contributed by atoms with Gasteiger partial charge in [-0.1, -0.05) is 23.5 Å². The summed E-state index contributed by atoms with van der Waals surface area (Å²) < 4.78 is 1.28. The first-order valence-corrected chi connectivity index (χ1v) is 11.7. The maximum Gasteiger partial charge on any atom is 0.226 e. The van der Waals surface area contributed by atoms with Gasteiger partial charge < -0.3 is 9.80 Å². The molecule has 2 aromatic rings. The number of hydrogen-bond acceptors (Lipinski definition) is 5. The predicted molar refractivity (Wildman–Crippen MR) is 115 cm³/mol. The van der Waals surface area contributed by atoms with Gasteiger partial charge in [-0.3, -0.25) is 9.69 Å². The highest BCUT2D eigenvalue weighted by atomic mass is 32.1. The van der Waals surface area contributed by atoms with Crippen LogP contribution in [-0.4, -0.2) is 66.0 Å².